The molecule has 0 saturated carbocycles. The second-order valence-corrected chi connectivity index (χ2v) is 8.20. The molecule has 2 aromatic rings. The first-order valence-electron chi connectivity index (χ1n) is 10.5. The Bertz CT molecular complexity index is 1050. The van der Waals surface area contributed by atoms with Crippen LogP contribution in [0.15, 0.2) is 48.5 Å². The molecule has 0 spiro atoms. The normalized spacial score (nSPS) is 19.3. The number of benzene rings is 2. The van der Waals surface area contributed by atoms with Gasteiger partial charge in [-0.2, -0.15) is 0 Å². The topological polar surface area (TPSA) is 96.0 Å². The van der Waals surface area contributed by atoms with Crippen LogP contribution < -0.4 is 10.2 Å². The monoisotopic (exact) mass is 435 g/mol. The first-order valence-corrected chi connectivity index (χ1v) is 10.5. The molecule has 2 aliphatic heterocycles. The zero-order valence-corrected chi connectivity index (χ0v) is 18.0. The number of rotatable bonds is 6. The maximum atomic E-state index is 13.1. The van der Waals surface area contributed by atoms with Gasteiger partial charge in [0.25, 0.3) is 5.91 Å². The summed E-state index contributed by atoms with van der Waals surface area (Å²) in [6.07, 6.45) is -0.618. The third-order valence-corrected chi connectivity index (χ3v) is 6.02. The van der Waals surface area contributed by atoms with Crippen LogP contribution in [0.4, 0.5) is 10.5 Å². The lowest BCUT2D eigenvalue weighted by atomic mass is 10.0. The van der Waals surface area contributed by atoms with Gasteiger partial charge < -0.3 is 15.0 Å². The van der Waals surface area contributed by atoms with E-state index in [9.17, 15) is 19.2 Å². The van der Waals surface area contributed by atoms with E-state index in [0.29, 0.717) is 0 Å². The van der Waals surface area contributed by atoms with E-state index in [-0.39, 0.29) is 37.9 Å². The number of nitrogens with zero attached hydrogens (tertiary/aromatic N) is 2. The summed E-state index contributed by atoms with van der Waals surface area (Å²) < 4.78 is 4.79. The fourth-order valence-corrected chi connectivity index (χ4v) is 3.98. The van der Waals surface area contributed by atoms with E-state index in [1.807, 2.05) is 62.4 Å². The lowest BCUT2D eigenvalue weighted by Gasteiger charge is -2.24. The summed E-state index contributed by atoms with van der Waals surface area (Å²) in [7, 11) is 0. The van der Waals surface area contributed by atoms with Crippen molar-refractivity contribution in [3.63, 3.8) is 0 Å². The minimum absolute atomic E-state index is 0.0328. The van der Waals surface area contributed by atoms with Crippen LogP contribution in [0.5, 0.6) is 0 Å². The van der Waals surface area contributed by atoms with Crippen molar-refractivity contribution in [2.75, 3.05) is 24.6 Å². The summed E-state index contributed by atoms with van der Waals surface area (Å²) in [5.74, 6) is -1.37. The van der Waals surface area contributed by atoms with Gasteiger partial charge in [0.15, 0.2) is 6.61 Å². The van der Waals surface area contributed by atoms with Crippen molar-refractivity contribution >= 4 is 29.5 Å². The highest BCUT2D eigenvalue weighted by Crippen LogP contribution is 2.28. The van der Waals surface area contributed by atoms with Crippen molar-refractivity contribution in [3.05, 3.63) is 65.2 Å². The molecule has 1 N–H and O–H groups in total. The summed E-state index contributed by atoms with van der Waals surface area (Å²) in [6.45, 7) is 3.94. The van der Waals surface area contributed by atoms with Crippen LogP contribution in [-0.4, -0.2) is 48.4 Å². The highest BCUT2D eigenvalue weighted by atomic mass is 16.6. The van der Waals surface area contributed by atoms with Gasteiger partial charge in [-0.3, -0.25) is 14.4 Å². The standard InChI is InChI=1S/C24H25N3O5/c1-15-8-9-19(10-16(15)2)26-12-18(11-21(26)28)23(30)25-20(17-6-4-3-5-7-17)13-27-22(29)14-32-24(27)31/h3-10,18,20H,11-14H2,1-2H3,(H,25,30). The molecule has 0 aromatic heterocycles. The van der Waals surface area contributed by atoms with Crippen molar-refractivity contribution in [1.29, 1.82) is 0 Å². The van der Waals surface area contributed by atoms with Crippen LogP contribution in [0.25, 0.3) is 0 Å². The average molecular weight is 435 g/mol. The van der Waals surface area contributed by atoms with E-state index in [2.05, 4.69) is 5.32 Å². The summed E-state index contributed by atoms with van der Waals surface area (Å²) in [4.78, 5) is 52.3. The van der Waals surface area contributed by atoms with Gasteiger partial charge in [0, 0.05) is 18.7 Å². The zero-order chi connectivity index (χ0) is 22.8. The average Bonchev–Trinajstić information content (AvgIpc) is 3.33. The number of aryl methyl sites for hydroxylation is 2. The SMILES string of the molecule is Cc1ccc(N2CC(C(=O)NC(CN3C(=O)COC3=O)c3ccccc3)CC2=O)cc1C. The highest BCUT2D eigenvalue weighted by molar-refractivity contribution is 6.00. The van der Waals surface area contributed by atoms with E-state index in [0.717, 1.165) is 27.3 Å². The summed E-state index contributed by atoms with van der Waals surface area (Å²) in [6, 6.07) is 14.3. The third-order valence-electron chi connectivity index (χ3n) is 6.02. The first-order chi connectivity index (χ1) is 15.3. The summed E-state index contributed by atoms with van der Waals surface area (Å²) in [5, 5.41) is 2.94. The minimum atomic E-state index is -0.720. The first kappa shape index (κ1) is 21.5. The van der Waals surface area contributed by atoms with Crippen molar-refractivity contribution in [2.24, 2.45) is 5.92 Å². The molecule has 32 heavy (non-hydrogen) atoms. The summed E-state index contributed by atoms with van der Waals surface area (Å²) >= 11 is 0. The van der Waals surface area contributed by atoms with Gasteiger partial charge >= 0.3 is 6.09 Å². The fourth-order valence-electron chi connectivity index (χ4n) is 3.98. The molecule has 2 aromatic carbocycles. The number of carbonyl (C=O) groups excluding carboxylic acids is 4. The Labute approximate surface area is 186 Å². The molecule has 4 amide bonds. The van der Waals surface area contributed by atoms with E-state index in [1.165, 1.54) is 0 Å². The molecule has 8 heteroatoms. The van der Waals surface area contributed by atoms with Gasteiger partial charge in [-0.25, -0.2) is 9.69 Å². The van der Waals surface area contributed by atoms with Crippen LogP contribution in [-0.2, 0) is 19.1 Å². The lowest BCUT2D eigenvalue weighted by molar-refractivity contribution is -0.128. The zero-order valence-electron chi connectivity index (χ0n) is 18.0. The van der Waals surface area contributed by atoms with Gasteiger partial charge in [-0.1, -0.05) is 36.4 Å². The number of cyclic esters (lactones) is 1. The molecule has 4 rings (SSSR count). The Kier molecular flexibility index (Phi) is 5.94. The fraction of sp³-hybridized carbons (Fsp3) is 0.333. The highest BCUT2D eigenvalue weighted by Gasteiger charge is 2.38. The molecule has 2 saturated heterocycles. The number of hydrogen-bond acceptors (Lipinski definition) is 5. The Morgan fingerprint density at radius 1 is 1.06 bits per heavy atom. The predicted octanol–water partition coefficient (Wildman–Crippen LogP) is 2.49. The van der Waals surface area contributed by atoms with Gasteiger partial charge in [0.2, 0.25) is 11.8 Å². The molecule has 2 unspecified atom stereocenters. The molecular formula is C24H25N3O5. The van der Waals surface area contributed by atoms with Gasteiger partial charge in [0.05, 0.1) is 18.5 Å². The Hall–Kier alpha value is -3.68. The lowest BCUT2D eigenvalue weighted by Crippen LogP contribution is -2.42. The van der Waals surface area contributed by atoms with E-state index >= 15 is 0 Å². The predicted molar refractivity (Wildman–Crippen MR) is 117 cm³/mol. The molecule has 2 aliphatic rings. The second-order valence-electron chi connectivity index (χ2n) is 8.20. The molecule has 8 nitrogen and oxygen atoms in total. The van der Waals surface area contributed by atoms with Crippen LogP contribution in [0.2, 0.25) is 0 Å². The number of anilines is 1. The third kappa shape index (κ3) is 4.34. The molecule has 0 radical (unpaired) electrons. The minimum Gasteiger partial charge on any atom is -0.439 e. The van der Waals surface area contributed by atoms with Gasteiger partial charge in [-0.05, 0) is 42.7 Å². The number of imide groups is 1. The smallest absolute Gasteiger partial charge is 0.417 e. The number of hydrogen-bond donors (Lipinski definition) is 1. The molecular weight excluding hydrogens is 410 g/mol. The maximum absolute atomic E-state index is 13.1. The number of carbonyl (C=O) groups is 4. The largest absolute Gasteiger partial charge is 0.439 e. The molecule has 2 atom stereocenters. The van der Waals surface area contributed by atoms with E-state index < -0.39 is 24.0 Å². The summed E-state index contributed by atoms with van der Waals surface area (Å²) in [5.41, 5.74) is 3.74. The molecule has 0 aliphatic carbocycles. The Balaban J connectivity index is 1.49. The van der Waals surface area contributed by atoms with Crippen molar-refractivity contribution in [1.82, 2.24) is 10.2 Å². The van der Waals surface area contributed by atoms with E-state index in [1.54, 1.807) is 4.90 Å². The number of nitrogens with one attached hydrogen (secondary N) is 1. The van der Waals surface area contributed by atoms with Crippen LogP contribution in [0.3, 0.4) is 0 Å². The quantitative estimate of drug-likeness (QED) is 0.752. The Morgan fingerprint density at radius 2 is 1.81 bits per heavy atom. The van der Waals surface area contributed by atoms with Crippen LogP contribution in [0.1, 0.15) is 29.2 Å². The van der Waals surface area contributed by atoms with Crippen LogP contribution >= 0.6 is 0 Å². The van der Waals surface area contributed by atoms with Gasteiger partial charge in [-0.15, -0.1) is 0 Å². The number of amides is 4. The molecule has 2 fully saturated rings. The van der Waals surface area contributed by atoms with Crippen molar-refractivity contribution in [2.45, 2.75) is 26.3 Å². The Morgan fingerprint density at radius 3 is 2.47 bits per heavy atom. The number of ether oxygens (including phenoxy) is 1. The molecule has 166 valence electrons. The molecule has 2 heterocycles. The second kappa shape index (κ2) is 8.82. The van der Waals surface area contributed by atoms with Gasteiger partial charge in [0.1, 0.15) is 0 Å². The maximum Gasteiger partial charge on any atom is 0.417 e. The molecule has 0 bridgehead atoms. The van der Waals surface area contributed by atoms with Crippen LogP contribution in [0, 0.1) is 19.8 Å². The van der Waals surface area contributed by atoms with Crippen molar-refractivity contribution in [3.8, 4) is 0 Å². The van der Waals surface area contributed by atoms with E-state index in [4.69, 9.17) is 4.74 Å². The van der Waals surface area contributed by atoms with Crippen molar-refractivity contribution < 1.29 is 23.9 Å².